The van der Waals surface area contributed by atoms with Crippen molar-refractivity contribution in [1.29, 1.82) is 0 Å². The predicted octanol–water partition coefficient (Wildman–Crippen LogP) is 2.41. The molecule has 1 atom stereocenters. The van der Waals surface area contributed by atoms with E-state index in [1.165, 1.54) is 12.1 Å². The molecule has 0 radical (unpaired) electrons. The second-order valence-electron chi connectivity index (χ2n) is 5.85. The van der Waals surface area contributed by atoms with Crippen molar-refractivity contribution >= 4 is 11.9 Å². The fourth-order valence-electron chi connectivity index (χ4n) is 2.74. The largest absolute Gasteiger partial charge is 0.370 e. The Balaban J connectivity index is 1.44. The van der Waals surface area contributed by atoms with Crippen LogP contribution in [0.2, 0.25) is 0 Å². The highest BCUT2D eigenvalue weighted by molar-refractivity contribution is 5.76. The molecule has 1 aromatic carbocycles. The molecule has 1 fully saturated rings. The smallest absolute Gasteiger partial charge is 0.222 e. The van der Waals surface area contributed by atoms with Crippen LogP contribution < -0.4 is 5.32 Å². The maximum atomic E-state index is 13.0. The van der Waals surface area contributed by atoms with Gasteiger partial charge in [0.15, 0.2) is 0 Å². The second-order valence-corrected chi connectivity index (χ2v) is 5.85. The van der Waals surface area contributed by atoms with E-state index in [0.717, 1.165) is 5.56 Å². The van der Waals surface area contributed by atoms with Gasteiger partial charge in [-0.2, -0.15) is 0 Å². The molecule has 0 aliphatic carbocycles. The maximum absolute atomic E-state index is 13.0. The van der Waals surface area contributed by atoms with E-state index in [4.69, 9.17) is 4.74 Å². The van der Waals surface area contributed by atoms with Crippen LogP contribution in [-0.2, 0) is 9.53 Å². The predicted molar refractivity (Wildman–Crippen MR) is 91.4 cm³/mol. The first-order chi connectivity index (χ1) is 12.2. The number of ether oxygens (including phenoxy) is 1. The average molecular weight is 344 g/mol. The first-order valence-corrected chi connectivity index (χ1v) is 8.38. The molecule has 1 N–H and O–H groups in total. The van der Waals surface area contributed by atoms with Gasteiger partial charge >= 0.3 is 0 Å². The number of nitrogens with zero attached hydrogens (tertiary/aromatic N) is 3. The molecule has 0 spiro atoms. The van der Waals surface area contributed by atoms with E-state index < -0.39 is 0 Å². The van der Waals surface area contributed by atoms with Crippen LogP contribution in [0, 0.1) is 5.82 Å². The Morgan fingerprint density at radius 1 is 1.28 bits per heavy atom. The number of carbonyl (C=O) groups is 1. The van der Waals surface area contributed by atoms with Crippen LogP contribution in [-0.4, -0.2) is 47.0 Å². The minimum Gasteiger partial charge on any atom is -0.370 e. The van der Waals surface area contributed by atoms with E-state index >= 15 is 0 Å². The van der Waals surface area contributed by atoms with Gasteiger partial charge in [0.05, 0.1) is 13.2 Å². The normalized spacial score (nSPS) is 17.3. The molecule has 1 aliphatic rings. The molecule has 25 heavy (non-hydrogen) atoms. The quantitative estimate of drug-likeness (QED) is 0.815. The van der Waals surface area contributed by atoms with Crippen LogP contribution in [0.15, 0.2) is 42.7 Å². The van der Waals surface area contributed by atoms with Gasteiger partial charge < -0.3 is 15.0 Å². The highest BCUT2D eigenvalue weighted by Crippen LogP contribution is 2.23. The minimum absolute atomic E-state index is 0.103. The lowest BCUT2D eigenvalue weighted by atomic mass is 10.1. The molecule has 2 heterocycles. The third-order valence-corrected chi connectivity index (χ3v) is 4.08. The van der Waals surface area contributed by atoms with Crippen LogP contribution in [0.4, 0.5) is 10.3 Å². The summed E-state index contributed by atoms with van der Waals surface area (Å²) in [6, 6.07) is 7.99. The lowest BCUT2D eigenvalue weighted by Crippen LogP contribution is -2.42. The highest BCUT2D eigenvalue weighted by atomic mass is 19.1. The fourth-order valence-corrected chi connectivity index (χ4v) is 2.74. The maximum Gasteiger partial charge on any atom is 0.222 e. The number of aromatic nitrogens is 2. The summed E-state index contributed by atoms with van der Waals surface area (Å²) in [7, 11) is 0. The van der Waals surface area contributed by atoms with Gasteiger partial charge in [-0.25, -0.2) is 14.4 Å². The SMILES string of the molecule is O=C(CCCNc1ncccn1)N1CCO[C@H](c2ccc(F)cc2)C1. The van der Waals surface area contributed by atoms with E-state index in [0.29, 0.717) is 45.0 Å². The molecule has 6 nitrogen and oxygen atoms in total. The van der Waals surface area contributed by atoms with Gasteiger partial charge in [0.1, 0.15) is 11.9 Å². The highest BCUT2D eigenvalue weighted by Gasteiger charge is 2.25. The third-order valence-electron chi connectivity index (χ3n) is 4.08. The van der Waals surface area contributed by atoms with Crippen molar-refractivity contribution < 1.29 is 13.9 Å². The Morgan fingerprint density at radius 3 is 2.80 bits per heavy atom. The minimum atomic E-state index is -0.276. The van der Waals surface area contributed by atoms with Crippen LogP contribution in [0.25, 0.3) is 0 Å². The molecule has 132 valence electrons. The summed E-state index contributed by atoms with van der Waals surface area (Å²) in [5.41, 5.74) is 0.891. The molecule has 2 aromatic rings. The van der Waals surface area contributed by atoms with Crippen molar-refractivity contribution in [2.75, 3.05) is 31.6 Å². The van der Waals surface area contributed by atoms with Gasteiger partial charge in [-0.05, 0) is 30.2 Å². The van der Waals surface area contributed by atoms with Crippen molar-refractivity contribution in [1.82, 2.24) is 14.9 Å². The number of hydrogen-bond acceptors (Lipinski definition) is 5. The molecule has 0 unspecified atom stereocenters. The monoisotopic (exact) mass is 344 g/mol. The van der Waals surface area contributed by atoms with Crippen molar-refractivity contribution in [2.24, 2.45) is 0 Å². The molecular formula is C18H21FN4O2. The Bertz CT molecular complexity index is 681. The van der Waals surface area contributed by atoms with Crippen molar-refractivity contribution in [3.8, 4) is 0 Å². The first-order valence-electron chi connectivity index (χ1n) is 8.38. The lowest BCUT2D eigenvalue weighted by molar-refractivity contribution is -0.139. The Labute approximate surface area is 146 Å². The van der Waals surface area contributed by atoms with Gasteiger partial charge in [-0.3, -0.25) is 4.79 Å². The molecule has 1 aliphatic heterocycles. The number of amides is 1. The Hall–Kier alpha value is -2.54. The fraction of sp³-hybridized carbons (Fsp3) is 0.389. The number of morpholine rings is 1. The molecular weight excluding hydrogens is 323 g/mol. The van der Waals surface area contributed by atoms with E-state index in [1.54, 1.807) is 30.6 Å². The number of hydrogen-bond donors (Lipinski definition) is 1. The van der Waals surface area contributed by atoms with Crippen LogP contribution in [0.5, 0.6) is 0 Å². The second kappa shape index (κ2) is 8.53. The molecule has 1 amide bonds. The van der Waals surface area contributed by atoms with Crippen LogP contribution >= 0.6 is 0 Å². The Morgan fingerprint density at radius 2 is 2.04 bits per heavy atom. The number of rotatable bonds is 6. The summed E-state index contributed by atoms with van der Waals surface area (Å²) in [6.45, 7) is 2.22. The van der Waals surface area contributed by atoms with Crippen LogP contribution in [0.1, 0.15) is 24.5 Å². The van der Waals surface area contributed by atoms with Gasteiger partial charge in [0, 0.05) is 31.9 Å². The zero-order valence-corrected chi connectivity index (χ0v) is 13.9. The van der Waals surface area contributed by atoms with Gasteiger partial charge in [0.25, 0.3) is 0 Å². The van der Waals surface area contributed by atoms with Gasteiger partial charge in [-0.15, -0.1) is 0 Å². The van der Waals surface area contributed by atoms with E-state index in [-0.39, 0.29) is 17.8 Å². The number of nitrogens with one attached hydrogen (secondary N) is 1. The van der Waals surface area contributed by atoms with Gasteiger partial charge in [-0.1, -0.05) is 12.1 Å². The molecule has 1 aromatic heterocycles. The van der Waals surface area contributed by atoms with E-state index in [2.05, 4.69) is 15.3 Å². The summed E-state index contributed by atoms with van der Waals surface area (Å²) in [4.78, 5) is 22.4. The lowest BCUT2D eigenvalue weighted by Gasteiger charge is -2.33. The number of halogens is 1. The van der Waals surface area contributed by atoms with Gasteiger partial charge in [0.2, 0.25) is 11.9 Å². The molecule has 1 saturated heterocycles. The number of benzene rings is 1. The summed E-state index contributed by atoms with van der Waals surface area (Å²) in [5, 5.41) is 3.09. The topological polar surface area (TPSA) is 67.4 Å². The zero-order valence-electron chi connectivity index (χ0n) is 13.9. The third kappa shape index (κ3) is 4.96. The zero-order chi connectivity index (χ0) is 17.5. The number of carbonyl (C=O) groups excluding carboxylic acids is 1. The molecule has 0 saturated carbocycles. The van der Waals surface area contributed by atoms with E-state index in [9.17, 15) is 9.18 Å². The summed E-state index contributed by atoms with van der Waals surface area (Å²) < 4.78 is 18.8. The van der Waals surface area contributed by atoms with Crippen LogP contribution in [0.3, 0.4) is 0 Å². The average Bonchev–Trinajstić information content (AvgIpc) is 2.66. The molecule has 7 heteroatoms. The number of anilines is 1. The van der Waals surface area contributed by atoms with Crippen molar-refractivity contribution in [2.45, 2.75) is 18.9 Å². The summed E-state index contributed by atoms with van der Waals surface area (Å²) >= 11 is 0. The molecule has 0 bridgehead atoms. The Kier molecular flexibility index (Phi) is 5.90. The first kappa shape index (κ1) is 17.3. The summed E-state index contributed by atoms with van der Waals surface area (Å²) in [6.07, 6.45) is 4.30. The van der Waals surface area contributed by atoms with Crippen molar-refractivity contribution in [3.63, 3.8) is 0 Å². The van der Waals surface area contributed by atoms with E-state index in [1.807, 2.05) is 4.90 Å². The van der Waals surface area contributed by atoms with Crippen molar-refractivity contribution in [3.05, 3.63) is 54.1 Å². The summed E-state index contributed by atoms with van der Waals surface area (Å²) in [5.74, 6) is 0.395. The standard InChI is InChI=1S/C18H21FN4O2/c19-15-6-4-14(5-7-15)16-13-23(11-12-25-16)17(24)3-1-8-20-18-21-9-2-10-22-18/h2,4-7,9-10,16H,1,3,8,11-13H2,(H,20,21,22)/t16-/m0/s1. The molecule has 3 rings (SSSR count).